The summed E-state index contributed by atoms with van der Waals surface area (Å²) in [6.07, 6.45) is 4.48. The Bertz CT molecular complexity index is 1080. The Morgan fingerprint density at radius 1 is 1.10 bits per heavy atom. The molecule has 1 saturated carbocycles. The highest BCUT2D eigenvalue weighted by atomic mass is 16.2. The largest absolute Gasteiger partial charge is 0.338 e. The number of carbonyl (C=O) groups excluding carboxylic acids is 1. The van der Waals surface area contributed by atoms with Crippen molar-refractivity contribution < 1.29 is 4.79 Å². The zero-order chi connectivity index (χ0) is 20.8. The molecule has 5 rings (SSSR count). The van der Waals surface area contributed by atoms with E-state index in [2.05, 4.69) is 51.2 Å². The van der Waals surface area contributed by atoms with Gasteiger partial charge in [0.25, 0.3) is 0 Å². The number of fused-ring (bicyclic) bond motifs is 3. The second-order valence-corrected chi connectivity index (χ2v) is 9.11. The molecule has 2 aliphatic rings. The van der Waals surface area contributed by atoms with Crippen LogP contribution in [0.5, 0.6) is 0 Å². The molecule has 2 fully saturated rings. The third-order valence-corrected chi connectivity index (χ3v) is 6.67. The molecule has 3 aromatic rings. The summed E-state index contributed by atoms with van der Waals surface area (Å²) in [6.45, 7) is 8.72. The van der Waals surface area contributed by atoms with Crippen molar-refractivity contribution >= 4 is 28.4 Å². The topological polar surface area (TPSA) is 66.6 Å². The Morgan fingerprint density at radius 2 is 1.87 bits per heavy atom. The van der Waals surface area contributed by atoms with Crippen LogP contribution in [0.15, 0.2) is 24.3 Å². The first-order valence-corrected chi connectivity index (χ1v) is 11.2. The van der Waals surface area contributed by atoms with Crippen molar-refractivity contribution in [3.8, 4) is 0 Å². The van der Waals surface area contributed by atoms with Gasteiger partial charge in [0, 0.05) is 42.9 Å². The zero-order valence-electron chi connectivity index (χ0n) is 18.1. The number of piperazine rings is 1. The Kier molecular flexibility index (Phi) is 4.83. The molecule has 1 aliphatic carbocycles. The molecule has 0 bridgehead atoms. The van der Waals surface area contributed by atoms with Crippen LogP contribution < -0.4 is 4.90 Å². The number of amides is 1. The summed E-state index contributed by atoms with van der Waals surface area (Å²) in [5, 5.41) is 10.0. The molecule has 7 heteroatoms. The van der Waals surface area contributed by atoms with Crippen molar-refractivity contribution in [3.63, 3.8) is 0 Å². The molecule has 1 amide bonds. The number of benzene rings is 1. The van der Waals surface area contributed by atoms with Gasteiger partial charge in [-0.25, -0.2) is 9.38 Å². The standard InChI is InChI=1S/C23H30N6O/c1-15(2)20-25-26-21-18-10-6-7-11-19(18)24-23(29(20)21)27-12-13-28(16(3)14-27)22(30)17-8-4-5-9-17/h6-7,10-11,15-17H,4-5,8-9,12-14H2,1-3H3/t16-/m1/s1. The van der Waals surface area contributed by atoms with Crippen LogP contribution in [-0.2, 0) is 4.79 Å². The molecule has 1 saturated heterocycles. The lowest BCUT2D eigenvalue weighted by molar-refractivity contribution is -0.137. The van der Waals surface area contributed by atoms with Crippen molar-refractivity contribution in [2.75, 3.05) is 24.5 Å². The number of rotatable bonds is 3. The average Bonchev–Trinajstić information content (AvgIpc) is 3.43. The molecule has 1 atom stereocenters. The molecule has 1 aliphatic heterocycles. The number of para-hydroxylation sites is 1. The van der Waals surface area contributed by atoms with Crippen LogP contribution in [0.3, 0.4) is 0 Å². The molecular formula is C23H30N6O. The van der Waals surface area contributed by atoms with Gasteiger partial charge in [-0.05, 0) is 31.9 Å². The molecule has 7 nitrogen and oxygen atoms in total. The van der Waals surface area contributed by atoms with Crippen LogP contribution in [-0.4, -0.2) is 56.1 Å². The van der Waals surface area contributed by atoms with E-state index in [-0.39, 0.29) is 17.9 Å². The predicted octanol–water partition coefficient (Wildman–Crippen LogP) is 3.63. The van der Waals surface area contributed by atoms with Gasteiger partial charge in [-0.15, -0.1) is 10.2 Å². The summed E-state index contributed by atoms with van der Waals surface area (Å²) in [7, 11) is 0. The van der Waals surface area contributed by atoms with Crippen molar-refractivity contribution in [1.82, 2.24) is 24.5 Å². The predicted molar refractivity (Wildman–Crippen MR) is 118 cm³/mol. The number of hydrogen-bond acceptors (Lipinski definition) is 5. The molecule has 158 valence electrons. The van der Waals surface area contributed by atoms with E-state index in [1.54, 1.807) is 0 Å². The molecule has 30 heavy (non-hydrogen) atoms. The number of hydrogen-bond donors (Lipinski definition) is 0. The van der Waals surface area contributed by atoms with E-state index in [1.807, 2.05) is 18.2 Å². The average molecular weight is 407 g/mol. The maximum absolute atomic E-state index is 13.0. The molecule has 0 spiro atoms. The van der Waals surface area contributed by atoms with Gasteiger partial charge in [0.05, 0.1) is 5.52 Å². The number of nitrogens with zero attached hydrogens (tertiary/aromatic N) is 6. The molecule has 1 aromatic carbocycles. The van der Waals surface area contributed by atoms with Crippen LogP contribution >= 0.6 is 0 Å². The summed E-state index contributed by atoms with van der Waals surface area (Å²) in [4.78, 5) is 22.4. The summed E-state index contributed by atoms with van der Waals surface area (Å²) in [5.74, 6) is 2.63. The minimum absolute atomic E-state index is 0.161. The van der Waals surface area contributed by atoms with Crippen LogP contribution in [0, 0.1) is 5.92 Å². The Morgan fingerprint density at radius 3 is 2.60 bits per heavy atom. The lowest BCUT2D eigenvalue weighted by Gasteiger charge is -2.41. The van der Waals surface area contributed by atoms with Crippen molar-refractivity contribution in [1.29, 1.82) is 0 Å². The second kappa shape index (κ2) is 7.52. The lowest BCUT2D eigenvalue weighted by atomic mass is 10.0. The van der Waals surface area contributed by atoms with E-state index >= 15 is 0 Å². The van der Waals surface area contributed by atoms with E-state index in [9.17, 15) is 4.79 Å². The molecule has 0 radical (unpaired) electrons. The summed E-state index contributed by atoms with van der Waals surface area (Å²) < 4.78 is 2.12. The molecular weight excluding hydrogens is 376 g/mol. The Hall–Kier alpha value is -2.70. The maximum atomic E-state index is 13.0. The van der Waals surface area contributed by atoms with Gasteiger partial charge in [-0.1, -0.05) is 38.8 Å². The highest BCUT2D eigenvalue weighted by molar-refractivity contribution is 5.92. The number of aromatic nitrogens is 4. The first-order chi connectivity index (χ1) is 14.5. The fourth-order valence-corrected chi connectivity index (χ4v) is 5.05. The summed E-state index contributed by atoms with van der Waals surface area (Å²) in [6, 6.07) is 8.28. The zero-order valence-corrected chi connectivity index (χ0v) is 18.1. The van der Waals surface area contributed by atoms with E-state index in [0.29, 0.717) is 5.91 Å². The third-order valence-electron chi connectivity index (χ3n) is 6.67. The van der Waals surface area contributed by atoms with E-state index in [1.165, 1.54) is 12.8 Å². The fraction of sp³-hybridized carbons (Fsp3) is 0.565. The van der Waals surface area contributed by atoms with E-state index < -0.39 is 0 Å². The smallest absolute Gasteiger partial charge is 0.226 e. The van der Waals surface area contributed by atoms with Gasteiger partial charge in [0.15, 0.2) is 5.65 Å². The normalized spacial score (nSPS) is 20.7. The number of anilines is 1. The maximum Gasteiger partial charge on any atom is 0.226 e. The van der Waals surface area contributed by atoms with Gasteiger partial charge >= 0.3 is 0 Å². The van der Waals surface area contributed by atoms with Crippen molar-refractivity contribution in [2.45, 2.75) is 58.4 Å². The molecule has 2 aromatic heterocycles. The van der Waals surface area contributed by atoms with Gasteiger partial charge < -0.3 is 9.80 Å². The van der Waals surface area contributed by atoms with Gasteiger partial charge in [-0.2, -0.15) is 0 Å². The lowest BCUT2D eigenvalue weighted by Crippen LogP contribution is -2.55. The van der Waals surface area contributed by atoms with Gasteiger partial charge in [0.1, 0.15) is 5.82 Å². The fourth-order valence-electron chi connectivity index (χ4n) is 5.05. The van der Waals surface area contributed by atoms with Gasteiger partial charge in [0.2, 0.25) is 11.9 Å². The Balaban J connectivity index is 1.51. The third kappa shape index (κ3) is 3.11. The quantitative estimate of drug-likeness (QED) is 0.664. The monoisotopic (exact) mass is 406 g/mol. The minimum atomic E-state index is 0.161. The highest BCUT2D eigenvalue weighted by Crippen LogP contribution is 2.30. The van der Waals surface area contributed by atoms with Crippen LogP contribution in [0.2, 0.25) is 0 Å². The summed E-state index contributed by atoms with van der Waals surface area (Å²) >= 11 is 0. The summed E-state index contributed by atoms with van der Waals surface area (Å²) in [5.41, 5.74) is 1.79. The van der Waals surface area contributed by atoms with Crippen LogP contribution in [0.25, 0.3) is 16.6 Å². The van der Waals surface area contributed by atoms with Gasteiger partial charge in [-0.3, -0.25) is 4.79 Å². The van der Waals surface area contributed by atoms with E-state index in [4.69, 9.17) is 4.98 Å². The Labute approximate surface area is 177 Å². The van der Waals surface area contributed by atoms with Crippen LogP contribution in [0.1, 0.15) is 58.2 Å². The van der Waals surface area contributed by atoms with Crippen LogP contribution in [0.4, 0.5) is 5.95 Å². The SMILES string of the molecule is CC(C)c1nnc2c3ccccc3nc(N3CCN(C(=O)C4CCCC4)[C@H](C)C3)n12. The molecule has 0 N–H and O–H groups in total. The minimum Gasteiger partial charge on any atom is -0.338 e. The first kappa shape index (κ1) is 19.3. The molecule has 0 unspecified atom stereocenters. The van der Waals surface area contributed by atoms with Crippen molar-refractivity contribution in [2.24, 2.45) is 5.92 Å². The van der Waals surface area contributed by atoms with Crippen molar-refractivity contribution in [3.05, 3.63) is 30.1 Å². The number of carbonyl (C=O) groups is 1. The first-order valence-electron chi connectivity index (χ1n) is 11.2. The second-order valence-electron chi connectivity index (χ2n) is 9.11. The highest BCUT2D eigenvalue weighted by Gasteiger charge is 2.34. The molecule has 3 heterocycles. The van der Waals surface area contributed by atoms with E-state index in [0.717, 1.165) is 60.8 Å².